The van der Waals surface area contributed by atoms with Gasteiger partial charge in [0.1, 0.15) is 11.4 Å². The van der Waals surface area contributed by atoms with E-state index in [1.54, 1.807) is 18.0 Å². The van der Waals surface area contributed by atoms with Crippen molar-refractivity contribution in [1.29, 1.82) is 0 Å². The molecule has 0 saturated carbocycles. The van der Waals surface area contributed by atoms with Crippen LogP contribution in [0.4, 0.5) is 0 Å². The number of aromatic nitrogens is 3. The van der Waals surface area contributed by atoms with E-state index in [1.165, 1.54) is 6.92 Å². The van der Waals surface area contributed by atoms with E-state index in [2.05, 4.69) is 20.5 Å². The zero-order valence-corrected chi connectivity index (χ0v) is 16.9. The van der Waals surface area contributed by atoms with Gasteiger partial charge in [0.2, 0.25) is 5.91 Å². The number of nitrogens with one attached hydrogen (secondary N) is 1. The highest BCUT2D eigenvalue weighted by molar-refractivity contribution is 5.91. The Balaban J connectivity index is 1.34. The minimum absolute atomic E-state index is 0.0123. The van der Waals surface area contributed by atoms with Gasteiger partial charge in [-0.15, -0.1) is 5.10 Å². The second kappa shape index (κ2) is 8.32. The van der Waals surface area contributed by atoms with E-state index in [9.17, 15) is 9.59 Å². The fourth-order valence-corrected chi connectivity index (χ4v) is 4.55. The molecule has 0 radical (unpaired) electrons. The second-order valence-corrected chi connectivity index (χ2v) is 7.95. The van der Waals surface area contributed by atoms with Crippen LogP contribution < -0.4 is 10.1 Å². The SMILES string of the molecule is COc1ccccc1CNC(=O)[C@H]1CN2CCC1C[C@@H]2Cn1cc(C(C)=O)nn1. The first-order valence-corrected chi connectivity index (χ1v) is 10.1. The van der Waals surface area contributed by atoms with Crippen molar-refractivity contribution in [3.8, 4) is 5.75 Å². The predicted molar refractivity (Wildman–Crippen MR) is 106 cm³/mol. The first-order valence-electron chi connectivity index (χ1n) is 10.1. The molecular formula is C21H27N5O3. The number of ketones is 1. The first-order chi connectivity index (χ1) is 14.0. The molecular weight excluding hydrogens is 370 g/mol. The lowest BCUT2D eigenvalue weighted by Crippen LogP contribution is -2.58. The highest BCUT2D eigenvalue weighted by atomic mass is 16.5. The molecule has 3 saturated heterocycles. The average molecular weight is 397 g/mol. The molecule has 1 aromatic heterocycles. The van der Waals surface area contributed by atoms with E-state index < -0.39 is 0 Å². The molecule has 29 heavy (non-hydrogen) atoms. The first kappa shape index (κ1) is 19.6. The molecule has 8 nitrogen and oxygen atoms in total. The third kappa shape index (κ3) is 4.17. The van der Waals surface area contributed by atoms with Crippen molar-refractivity contribution in [3.05, 3.63) is 41.7 Å². The van der Waals surface area contributed by atoms with Gasteiger partial charge in [0.05, 0.1) is 25.8 Å². The van der Waals surface area contributed by atoms with Crippen LogP contribution in [0.15, 0.2) is 30.5 Å². The van der Waals surface area contributed by atoms with Crippen LogP contribution in [0.2, 0.25) is 0 Å². The van der Waals surface area contributed by atoms with Crippen LogP contribution in [0.1, 0.15) is 35.8 Å². The Bertz CT molecular complexity index is 896. The number of amides is 1. The van der Waals surface area contributed by atoms with Gasteiger partial charge in [-0.1, -0.05) is 23.4 Å². The third-order valence-electron chi connectivity index (χ3n) is 6.16. The second-order valence-electron chi connectivity index (χ2n) is 7.95. The zero-order chi connectivity index (χ0) is 20.4. The fourth-order valence-electron chi connectivity index (χ4n) is 4.55. The minimum atomic E-state index is -0.0755. The predicted octanol–water partition coefficient (Wildman–Crippen LogP) is 1.52. The van der Waals surface area contributed by atoms with Gasteiger partial charge in [-0.2, -0.15) is 0 Å². The summed E-state index contributed by atoms with van der Waals surface area (Å²) in [7, 11) is 1.64. The van der Waals surface area contributed by atoms with Gasteiger partial charge >= 0.3 is 0 Å². The fraction of sp³-hybridized carbons (Fsp3) is 0.524. The van der Waals surface area contributed by atoms with Gasteiger partial charge in [-0.05, 0) is 31.4 Å². The number of piperidine rings is 3. The van der Waals surface area contributed by atoms with E-state index in [0.717, 1.165) is 37.2 Å². The maximum atomic E-state index is 12.9. The highest BCUT2D eigenvalue weighted by Crippen LogP contribution is 2.37. The maximum Gasteiger partial charge on any atom is 0.224 e. The molecule has 154 valence electrons. The van der Waals surface area contributed by atoms with Crippen molar-refractivity contribution in [2.75, 3.05) is 20.2 Å². The van der Waals surface area contributed by atoms with E-state index >= 15 is 0 Å². The molecule has 0 spiro atoms. The number of Topliss-reactive ketones (excluding diaryl/α,β-unsaturated/α-hetero) is 1. The van der Waals surface area contributed by atoms with Crippen molar-refractivity contribution in [1.82, 2.24) is 25.2 Å². The topological polar surface area (TPSA) is 89.4 Å². The van der Waals surface area contributed by atoms with Gasteiger partial charge in [-0.25, -0.2) is 0 Å². The van der Waals surface area contributed by atoms with Gasteiger partial charge in [0.15, 0.2) is 5.78 Å². The van der Waals surface area contributed by atoms with E-state index in [0.29, 0.717) is 30.7 Å². The summed E-state index contributed by atoms with van der Waals surface area (Å²) in [6.45, 7) is 4.44. The van der Waals surface area contributed by atoms with Crippen LogP contribution in [-0.4, -0.2) is 57.8 Å². The van der Waals surface area contributed by atoms with Crippen molar-refractivity contribution in [2.24, 2.45) is 11.8 Å². The number of hydrogen-bond acceptors (Lipinski definition) is 6. The van der Waals surface area contributed by atoms with Crippen molar-refractivity contribution in [2.45, 2.75) is 38.9 Å². The number of ether oxygens (including phenoxy) is 1. The van der Waals surface area contributed by atoms with Gasteiger partial charge in [-0.3, -0.25) is 19.2 Å². The number of carbonyl (C=O) groups is 2. The standard InChI is InChI=1S/C21H27N5O3/c1-14(27)19-13-26(24-23-19)11-17-9-15-7-8-25(17)12-18(15)21(28)22-10-16-5-3-4-6-20(16)29-2/h3-6,13,15,17-18H,7-12H2,1-2H3,(H,22,28)/t15?,17-,18+/m1/s1. The molecule has 2 aromatic rings. The Hall–Kier alpha value is -2.74. The summed E-state index contributed by atoms with van der Waals surface area (Å²) in [5.41, 5.74) is 1.38. The molecule has 1 aromatic carbocycles. The van der Waals surface area contributed by atoms with Crippen LogP contribution in [0.25, 0.3) is 0 Å². The van der Waals surface area contributed by atoms with Gasteiger partial charge in [0.25, 0.3) is 0 Å². The number of rotatable bonds is 7. The highest BCUT2D eigenvalue weighted by Gasteiger charge is 2.43. The number of benzene rings is 1. The molecule has 2 unspecified atom stereocenters. The molecule has 5 rings (SSSR count). The lowest BCUT2D eigenvalue weighted by molar-refractivity contribution is -0.133. The smallest absolute Gasteiger partial charge is 0.224 e. The quantitative estimate of drug-likeness (QED) is 0.713. The summed E-state index contributed by atoms with van der Waals surface area (Å²) in [4.78, 5) is 26.7. The number of carbonyl (C=O) groups excluding carboxylic acids is 2. The monoisotopic (exact) mass is 397 g/mol. The molecule has 4 heterocycles. The summed E-state index contributed by atoms with van der Waals surface area (Å²) >= 11 is 0. The van der Waals surface area contributed by atoms with Crippen LogP contribution in [0.5, 0.6) is 5.75 Å². The number of nitrogens with zero attached hydrogens (tertiary/aromatic N) is 4. The van der Waals surface area contributed by atoms with Crippen LogP contribution in [0, 0.1) is 11.8 Å². The Morgan fingerprint density at radius 1 is 1.31 bits per heavy atom. The van der Waals surface area contributed by atoms with Crippen molar-refractivity contribution >= 4 is 11.7 Å². The lowest BCUT2D eigenvalue weighted by Gasteiger charge is -2.49. The molecule has 0 aliphatic carbocycles. The normalized spacial score (nSPS) is 25.6. The van der Waals surface area contributed by atoms with Crippen LogP contribution in [-0.2, 0) is 17.9 Å². The van der Waals surface area contributed by atoms with E-state index in [1.807, 2.05) is 24.3 Å². The third-order valence-corrected chi connectivity index (χ3v) is 6.16. The Morgan fingerprint density at radius 2 is 2.14 bits per heavy atom. The Labute approximate surface area is 170 Å². The summed E-state index contributed by atoms with van der Waals surface area (Å²) < 4.78 is 7.11. The number of hydrogen-bond donors (Lipinski definition) is 1. The molecule has 1 N–H and O–H groups in total. The number of fused-ring (bicyclic) bond motifs is 3. The average Bonchev–Trinajstić information content (AvgIpc) is 3.21. The van der Waals surface area contributed by atoms with Gasteiger partial charge in [0, 0.05) is 31.6 Å². The summed E-state index contributed by atoms with van der Waals surface area (Å²) in [5.74, 6) is 1.22. The molecule has 3 aliphatic rings. The summed E-state index contributed by atoms with van der Waals surface area (Å²) in [6.07, 6.45) is 3.71. The summed E-state index contributed by atoms with van der Waals surface area (Å²) in [5, 5.41) is 11.1. The maximum absolute atomic E-state index is 12.9. The van der Waals surface area contributed by atoms with Crippen LogP contribution in [0.3, 0.4) is 0 Å². The van der Waals surface area contributed by atoms with E-state index in [4.69, 9.17) is 4.74 Å². The van der Waals surface area contributed by atoms with Crippen molar-refractivity contribution in [3.63, 3.8) is 0 Å². The molecule has 1 amide bonds. The molecule has 4 atom stereocenters. The van der Waals surface area contributed by atoms with Gasteiger partial charge < -0.3 is 10.1 Å². The number of para-hydroxylation sites is 1. The Morgan fingerprint density at radius 3 is 2.83 bits per heavy atom. The van der Waals surface area contributed by atoms with Crippen LogP contribution >= 0.6 is 0 Å². The number of methoxy groups -OCH3 is 1. The molecule has 3 aliphatic heterocycles. The van der Waals surface area contributed by atoms with E-state index in [-0.39, 0.29) is 17.6 Å². The summed E-state index contributed by atoms with van der Waals surface area (Å²) in [6, 6.07) is 8.08. The molecule has 8 heteroatoms. The van der Waals surface area contributed by atoms with Crippen molar-refractivity contribution < 1.29 is 14.3 Å². The zero-order valence-electron chi connectivity index (χ0n) is 16.9. The minimum Gasteiger partial charge on any atom is -0.496 e. The Kier molecular flexibility index (Phi) is 5.62. The molecule has 2 bridgehead atoms. The largest absolute Gasteiger partial charge is 0.496 e. The lowest BCUT2D eigenvalue weighted by atomic mass is 9.75. The molecule has 3 fully saturated rings.